The third kappa shape index (κ3) is 1.25. The van der Waals surface area contributed by atoms with Gasteiger partial charge in [-0.1, -0.05) is 38.8 Å². The van der Waals surface area contributed by atoms with Crippen LogP contribution in [0.1, 0.15) is 53.4 Å². The predicted molar refractivity (Wildman–Crippen MR) is 61.7 cm³/mol. The quantitative estimate of drug-likeness (QED) is 0.471. The minimum atomic E-state index is 0.428. The molecule has 0 spiro atoms. The fourth-order valence-corrected chi connectivity index (χ4v) is 4.01. The summed E-state index contributed by atoms with van der Waals surface area (Å²) in [6.45, 7) is 9.64. The Balaban J connectivity index is 2.03. The lowest BCUT2D eigenvalue weighted by atomic mass is 9.76. The van der Waals surface area contributed by atoms with Crippen LogP contribution in [0.15, 0.2) is 11.1 Å². The molecular weight excluding hydrogens is 184 g/mol. The van der Waals surface area contributed by atoms with Gasteiger partial charge in [0.1, 0.15) is 0 Å². The van der Waals surface area contributed by atoms with Crippen molar-refractivity contribution in [3.63, 3.8) is 0 Å². The van der Waals surface area contributed by atoms with Crippen molar-refractivity contribution >= 4 is 0 Å². The smallest absolute Gasteiger partial charge is 0.0882 e. The number of ether oxygens (including phenoxy) is 1. The predicted octanol–water partition coefficient (Wildman–Crippen LogP) is 3.69. The first kappa shape index (κ1) is 9.89. The Morgan fingerprint density at radius 3 is 2.33 bits per heavy atom. The Hall–Kier alpha value is -0.300. The summed E-state index contributed by atoms with van der Waals surface area (Å²) in [6, 6.07) is 0. The molecule has 1 aliphatic heterocycles. The van der Waals surface area contributed by atoms with Crippen LogP contribution in [-0.2, 0) is 4.74 Å². The average Bonchev–Trinajstić information content (AvgIpc) is 2.88. The van der Waals surface area contributed by atoms with Gasteiger partial charge in [0, 0.05) is 0 Å². The largest absolute Gasteiger partial charge is 0.369 e. The Bertz CT molecular complexity index is 339. The van der Waals surface area contributed by atoms with E-state index < -0.39 is 0 Å². The molecule has 1 nitrogen and oxygen atoms in total. The van der Waals surface area contributed by atoms with E-state index in [1.165, 1.54) is 25.7 Å². The molecule has 3 rings (SSSR count). The first-order valence-electron chi connectivity index (χ1n) is 6.35. The van der Waals surface area contributed by atoms with E-state index in [9.17, 15) is 0 Å². The molecule has 3 aliphatic rings. The van der Waals surface area contributed by atoms with E-state index in [-0.39, 0.29) is 0 Å². The Kier molecular flexibility index (Phi) is 1.77. The molecule has 2 aliphatic carbocycles. The first-order chi connectivity index (χ1) is 6.96. The van der Waals surface area contributed by atoms with E-state index >= 15 is 0 Å². The molecule has 1 heterocycles. The summed E-state index contributed by atoms with van der Waals surface area (Å²) >= 11 is 0. The van der Waals surface area contributed by atoms with Gasteiger partial charge >= 0.3 is 0 Å². The van der Waals surface area contributed by atoms with Crippen molar-refractivity contribution in [3.8, 4) is 0 Å². The molecule has 0 radical (unpaired) electrons. The van der Waals surface area contributed by atoms with Gasteiger partial charge in [-0.2, -0.15) is 0 Å². The van der Waals surface area contributed by atoms with Crippen LogP contribution in [0, 0.1) is 10.8 Å². The summed E-state index contributed by atoms with van der Waals surface area (Å²) in [5, 5.41) is 0. The molecule has 0 N–H and O–H groups in total. The molecule has 0 aromatic heterocycles. The van der Waals surface area contributed by atoms with Crippen LogP contribution in [0.2, 0.25) is 0 Å². The molecule has 84 valence electrons. The monoisotopic (exact) mass is 206 g/mol. The Morgan fingerprint density at radius 2 is 1.73 bits per heavy atom. The Morgan fingerprint density at radius 1 is 1.13 bits per heavy atom. The van der Waals surface area contributed by atoms with Crippen molar-refractivity contribution in [1.29, 1.82) is 0 Å². The van der Waals surface area contributed by atoms with Gasteiger partial charge in [-0.25, -0.2) is 0 Å². The van der Waals surface area contributed by atoms with Crippen molar-refractivity contribution in [3.05, 3.63) is 11.1 Å². The van der Waals surface area contributed by atoms with Gasteiger partial charge in [0.05, 0.1) is 12.2 Å². The average molecular weight is 206 g/mol. The molecule has 0 aromatic carbocycles. The molecule has 3 unspecified atom stereocenters. The first-order valence-corrected chi connectivity index (χ1v) is 6.35. The number of hydrogen-bond donors (Lipinski definition) is 0. The molecule has 0 bridgehead atoms. The van der Waals surface area contributed by atoms with Crippen LogP contribution in [-0.4, -0.2) is 12.2 Å². The molecule has 1 fully saturated rings. The number of rotatable bonds is 1. The standard InChI is InChI=1S/C14H22O/c1-5-14(4)8-13(2,3)9-6-11-12(15-11)7-10(9)14/h11-12H,5-8H2,1-4H3. The number of fused-ring (bicyclic) bond motifs is 1. The lowest BCUT2D eigenvalue weighted by molar-refractivity contribution is 0.268. The van der Waals surface area contributed by atoms with E-state index in [1.807, 2.05) is 0 Å². The second-order valence-electron chi connectivity index (χ2n) is 6.55. The second-order valence-corrected chi connectivity index (χ2v) is 6.55. The summed E-state index contributed by atoms with van der Waals surface area (Å²) in [6.07, 6.45) is 6.26. The van der Waals surface area contributed by atoms with E-state index in [1.54, 1.807) is 11.1 Å². The normalized spacial score (nSPS) is 46.4. The molecule has 0 amide bonds. The summed E-state index contributed by atoms with van der Waals surface area (Å²) < 4.78 is 5.70. The molecule has 1 saturated heterocycles. The minimum absolute atomic E-state index is 0.428. The molecule has 3 atom stereocenters. The van der Waals surface area contributed by atoms with Gasteiger partial charge in [-0.05, 0) is 36.5 Å². The summed E-state index contributed by atoms with van der Waals surface area (Å²) in [7, 11) is 0. The number of epoxide rings is 1. The maximum Gasteiger partial charge on any atom is 0.0882 e. The van der Waals surface area contributed by atoms with Crippen LogP contribution < -0.4 is 0 Å². The zero-order chi connectivity index (χ0) is 10.8. The van der Waals surface area contributed by atoms with Gasteiger partial charge in [0.2, 0.25) is 0 Å². The van der Waals surface area contributed by atoms with Crippen molar-refractivity contribution in [2.24, 2.45) is 10.8 Å². The van der Waals surface area contributed by atoms with Crippen LogP contribution in [0.4, 0.5) is 0 Å². The zero-order valence-electron chi connectivity index (χ0n) is 10.4. The van der Waals surface area contributed by atoms with E-state index in [2.05, 4.69) is 27.7 Å². The highest BCUT2D eigenvalue weighted by molar-refractivity contribution is 5.38. The van der Waals surface area contributed by atoms with Gasteiger partial charge in [0.15, 0.2) is 0 Å². The van der Waals surface area contributed by atoms with Crippen molar-refractivity contribution in [1.82, 2.24) is 0 Å². The molecule has 15 heavy (non-hydrogen) atoms. The summed E-state index contributed by atoms with van der Waals surface area (Å²) in [5.41, 5.74) is 4.40. The zero-order valence-corrected chi connectivity index (χ0v) is 10.4. The summed E-state index contributed by atoms with van der Waals surface area (Å²) in [4.78, 5) is 0. The highest BCUT2D eigenvalue weighted by atomic mass is 16.6. The van der Waals surface area contributed by atoms with E-state index in [0.717, 1.165) is 0 Å². The maximum atomic E-state index is 5.70. The molecular formula is C14H22O. The highest BCUT2D eigenvalue weighted by Gasteiger charge is 2.54. The van der Waals surface area contributed by atoms with Crippen LogP contribution in [0.3, 0.4) is 0 Å². The van der Waals surface area contributed by atoms with E-state index in [0.29, 0.717) is 23.0 Å². The second kappa shape index (κ2) is 2.68. The van der Waals surface area contributed by atoms with Crippen molar-refractivity contribution < 1.29 is 4.74 Å². The fourth-order valence-electron chi connectivity index (χ4n) is 4.01. The van der Waals surface area contributed by atoms with Crippen LogP contribution in [0.25, 0.3) is 0 Å². The van der Waals surface area contributed by atoms with Crippen molar-refractivity contribution in [2.75, 3.05) is 0 Å². The third-order valence-electron chi connectivity index (χ3n) is 5.02. The Labute approximate surface area is 92.9 Å². The van der Waals surface area contributed by atoms with Crippen LogP contribution in [0.5, 0.6) is 0 Å². The lowest BCUT2D eigenvalue weighted by Crippen LogP contribution is -2.18. The van der Waals surface area contributed by atoms with Gasteiger partial charge in [-0.15, -0.1) is 0 Å². The van der Waals surface area contributed by atoms with Crippen LogP contribution >= 0.6 is 0 Å². The topological polar surface area (TPSA) is 12.5 Å². The van der Waals surface area contributed by atoms with Crippen molar-refractivity contribution in [2.45, 2.75) is 65.6 Å². The summed E-state index contributed by atoms with van der Waals surface area (Å²) in [5.74, 6) is 0. The molecule has 0 saturated carbocycles. The van der Waals surface area contributed by atoms with Gasteiger partial charge < -0.3 is 4.74 Å². The molecule has 0 aromatic rings. The lowest BCUT2D eigenvalue weighted by Gasteiger charge is -2.28. The molecule has 1 heteroatoms. The fraction of sp³-hybridized carbons (Fsp3) is 0.857. The van der Waals surface area contributed by atoms with Gasteiger partial charge in [-0.3, -0.25) is 0 Å². The highest BCUT2D eigenvalue weighted by Crippen LogP contribution is 2.61. The number of hydrogen-bond acceptors (Lipinski definition) is 1. The minimum Gasteiger partial charge on any atom is -0.369 e. The maximum absolute atomic E-state index is 5.70. The third-order valence-corrected chi connectivity index (χ3v) is 5.02. The van der Waals surface area contributed by atoms with Gasteiger partial charge in [0.25, 0.3) is 0 Å². The SMILES string of the molecule is CCC1(C)CC(C)(C)C2=C1CC1OC1C2. The van der Waals surface area contributed by atoms with E-state index in [4.69, 9.17) is 4.74 Å².